The van der Waals surface area contributed by atoms with Crippen LogP contribution in [0.15, 0.2) is 24.3 Å². The van der Waals surface area contributed by atoms with Gasteiger partial charge in [0.15, 0.2) is 6.10 Å². The predicted molar refractivity (Wildman–Crippen MR) is 73.0 cm³/mol. The first-order valence-electron chi connectivity index (χ1n) is 6.64. The van der Waals surface area contributed by atoms with E-state index in [1.807, 2.05) is 24.3 Å². The van der Waals surface area contributed by atoms with E-state index in [1.54, 1.807) is 0 Å². The quantitative estimate of drug-likeness (QED) is 0.808. The van der Waals surface area contributed by atoms with Gasteiger partial charge >= 0.3 is 0 Å². The van der Waals surface area contributed by atoms with E-state index < -0.39 is 0 Å². The van der Waals surface area contributed by atoms with Gasteiger partial charge < -0.3 is 9.47 Å². The summed E-state index contributed by atoms with van der Waals surface area (Å²) in [6.07, 6.45) is 0.0953. The van der Waals surface area contributed by atoms with Crippen LogP contribution >= 0.6 is 0 Å². The van der Waals surface area contributed by atoms with Crippen LogP contribution in [-0.4, -0.2) is 43.9 Å². The molecule has 1 aromatic rings. The Kier molecular flexibility index (Phi) is 5.37. The number of nitrogens with zero attached hydrogens (tertiary/aromatic N) is 3. The smallest absolute Gasteiger partial charge is 0.156 e. The summed E-state index contributed by atoms with van der Waals surface area (Å²) in [5, 5.41) is 17.4. The van der Waals surface area contributed by atoms with Crippen LogP contribution in [0.4, 0.5) is 0 Å². The van der Waals surface area contributed by atoms with Crippen molar-refractivity contribution in [1.82, 2.24) is 4.90 Å². The third-order valence-corrected chi connectivity index (χ3v) is 3.18. The fourth-order valence-corrected chi connectivity index (χ4v) is 2.07. The highest BCUT2D eigenvalue weighted by Gasteiger charge is 2.19. The number of rotatable bonds is 5. The first-order valence-corrected chi connectivity index (χ1v) is 6.64. The molecule has 104 valence electrons. The molecule has 1 heterocycles. The summed E-state index contributed by atoms with van der Waals surface area (Å²) < 4.78 is 11.0. The molecular weight excluding hydrogens is 254 g/mol. The topological polar surface area (TPSA) is 69.3 Å². The average Bonchev–Trinajstić information content (AvgIpc) is 2.50. The normalized spacial score (nSPS) is 19.0. The number of morpholine rings is 1. The molecule has 1 unspecified atom stereocenters. The van der Waals surface area contributed by atoms with Crippen molar-refractivity contribution in [3.8, 4) is 17.9 Å². The lowest BCUT2D eigenvalue weighted by Gasteiger charge is -2.29. The maximum absolute atomic E-state index is 8.83. The number of ether oxygens (including phenoxy) is 2. The lowest BCUT2D eigenvalue weighted by atomic mass is 10.2. The van der Waals surface area contributed by atoms with Gasteiger partial charge in [0, 0.05) is 19.6 Å². The number of hydrogen-bond donors (Lipinski definition) is 0. The molecule has 1 aliphatic rings. The monoisotopic (exact) mass is 271 g/mol. The van der Waals surface area contributed by atoms with Gasteiger partial charge in [0.25, 0.3) is 0 Å². The summed E-state index contributed by atoms with van der Waals surface area (Å²) in [7, 11) is 0. The van der Waals surface area contributed by atoms with Crippen molar-refractivity contribution in [2.45, 2.75) is 12.5 Å². The molecule has 0 radical (unpaired) electrons. The molecule has 1 aliphatic heterocycles. The van der Waals surface area contributed by atoms with Gasteiger partial charge in [-0.05, 0) is 17.7 Å². The molecule has 0 aromatic heterocycles. The molecule has 0 bridgehead atoms. The van der Waals surface area contributed by atoms with E-state index in [9.17, 15) is 0 Å². The van der Waals surface area contributed by atoms with Gasteiger partial charge in [-0.3, -0.25) is 4.90 Å². The van der Waals surface area contributed by atoms with E-state index in [2.05, 4.69) is 17.0 Å². The van der Waals surface area contributed by atoms with Crippen LogP contribution in [0, 0.1) is 22.7 Å². The summed E-state index contributed by atoms with van der Waals surface area (Å²) in [5.74, 6) is 0.803. The third kappa shape index (κ3) is 4.24. The molecule has 1 aromatic carbocycles. The average molecular weight is 271 g/mol. The lowest BCUT2D eigenvalue weighted by Crippen LogP contribution is -2.43. The van der Waals surface area contributed by atoms with E-state index in [1.165, 1.54) is 0 Å². The second-order valence-corrected chi connectivity index (χ2v) is 4.62. The highest BCUT2D eigenvalue weighted by atomic mass is 16.5. The number of hydrogen-bond acceptors (Lipinski definition) is 5. The molecule has 2 rings (SSSR count). The largest absolute Gasteiger partial charge is 0.492 e. The van der Waals surface area contributed by atoms with Crippen LogP contribution in [-0.2, 0) is 11.2 Å². The Hall–Kier alpha value is -2.08. The van der Waals surface area contributed by atoms with Gasteiger partial charge in [0.2, 0.25) is 0 Å². The highest BCUT2D eigenvalue weighted by Crippen LogP contribution is 2.12. The van der Waals surface area contributed by atoms with Crippen LogP contribution in [0.2, 0.25) is 0 Å². The summed E-state index contributed by atoms with van der Waals surface area (Å²) in [6, 6.07) is 11.8. The molecule has 1 saturated heterocycles. The first-order chi connectivity index (χ1) is 9.81. The van der Waals surface area contributed by atoms with E-state index in [0.29, 0.717) is 26.2 Å². The van der Waals surface area contributed by atoms with Crippen molar-refractivity contribution in [2.75, 3.05) is 32.8 Å². The van der Waals surface area contributed by atoms with Gasteiger partial charge in [-0.2, -0.15) is 10.5 Å². The Balaban J connectivity index is 1.73. The number of benzene rings is 1. The molecule has 0 saturated carbocycles. The second kappa shape index (κ2) is 7.49. The molecule has 1 fully saturated rings. The van der Waals surface area contributed by atoms with Gasteiger partial charge in [0.05, 0.1) is 25.2 Å². The molecule has 5 heteroatoms. The summed E-state index contributed by atoms with van der Waals surface area (Å²) in [6.45, 7) is 3.43. The van der Waals surface area contributed by atoms with Crippen molar-refractivity contribution in [2.24, 2.45) is 0 Å². The maximum atomic E-state index is 8.83. The molecule has 20 heavy (non-hydrogen) atoms. The molecule has 0 spiro atoms. The zero-order chi connectivity index (χ0) is 14.2. The Labute approximate surface area is 118 Å². The third-order valence-electron chi connectivity index (χ3n) is 3.18. The fraction of sp³-hybridized carbons (Fsp3) is 0.467. The second-order valence-electron chi connectivity index (χ2n) is 4.62. The first kappa shape index (κ1) is 14.3. The number of nitriles is 2. The van der Waals surface area contributed by atoms with E-state index >= 15 is 0 Å². The highest BCUT2D eigenvalue weighted by molar-refractivity contribution is 5.28. The van der Waals surface area contributed by atoms with Crippen molar-refractivity contribution < 1.29 is 9.47 Å². The Morgan fingerprint density at radius 1 is 1.30 bits per heavy atom. The standard InChI is InChI=1S/C15H17N3O2/c16-6-5-13-1-3-14(4-2-13)19-9-7-18-8-10-20-15(11-17)12-18/h1-4,15H,5,7-10,12H2. The fourth-order valence-electron chi connectivity index (χ4n) is 2.07. The zero-order valence-electron chi connectivity index (χ0n) is 11.3. The molecule has 0 aliphatic carbocycles. The van der Waals surface area contributed by atoms with Gasteiger partial charge in [-0.25, -0.2) is 0 Å². The van der Waals surface area contributed by atoms with Crippen LogP contribution < -0.4 is 4.74 Å². The minimum atomic E-state index is -0.325. The predicted octanol–water partition coefficient (Wildman–Crippen LogP) is 1.36. The lowest BCUT2D eigenvalue weighted by molar-refractivity contribution is -0.00334. The van der Waals surface area contributed by atoms with Gasteiger partial charge in [0.1, 0.15) is 12.4 Å². The van der Waals surface area contributed by atoms with E-state index in [0.717, 1.165) is 24.4 Å². The molecule has 0 N–H and O–H groups in total. The van der Waals surface area contributed by atoms with Crippen molar-refractivity contribution in [3.63, 3.8) is 0 Å². The summed E-state index contributed by atoms with van der Waals surface area (Å²) in [4.78, 5) is 2.17. The van der Waals surface area contributed by atoms with Crippen LogP contribution in [0.25, 0.3) is 0 Å². The summed E-state index contributed by atoms with van der Waals surface area (Å²) >= 11 is 0. The van der Waals surface area contributed by atoms with Crippen molar-refractivity contribution in [3.05, 3.63) is 29.8 Å². The van der Waals surface area contributed by atoms with Crippen LogP contribution in [0.1, 0.15) is 5.56 Å². The minimum absolute atomic E-state index is 0.325. The minimum Gasteiger partial charge on any atom is -0.492 e. The van der Waals surface area contributed by atoms with Gasteiger partial charge in [-0.15, -0.1) is 0 Å². The molecule has 1 atom stereocenters. The zero-order valence-corrected chi connectivity index (χ0v) is 11.3. The Morgan fingerprint density at radius 3 is 2.80 bits per heavy atom. The molecular formula is C15H17N3O2. The SMILES string of the molecule is N#CCc1ccc(OCCN2CCOC(C#N)C2)cc1. The molecule has 5 nitrogen and oxygen atoms in total. The maximum Gasteiger partial charge on any atom is 0.156 e. The molecule has 0 amide bonds. The summed E-state index contributed by atoms with van der Waals surface area (Å²) in [5.41, 5.74) is 0.991. The van der Waals surface area contributed by atoms with Crippen molar-refractivity contribution in [1.29, 1.82) is 10.5 Å². The Bertz CT molecular complexity index is 501. The van der Waals surface area contributed by atoms with E-state index in [4.69, 9.17) is 20.0 Å². The Morgan fingerprint density at radius 2 is 2.10 bits per heavy atom. The van der Waals surface area contributed by atoms with Crippen LogP contribution in [0.5, 0.6) is 5.75 Å². The van der Waals surface area contributed by atoms with E-state index in [-0.39, 0.29) is 6.10 Å². The van der Waals surface area contributed by atoms with Crippen LogP contribution in [0.3, 0.4) is 0 Å². The van der Waals surface area contributed by atoms with Gasteiger partial charge in [-0.1, -0.05) is 12.1 Å². The van der Waals surface area contributed by atoms with Crippen molar-refractivity contribution >= 4 is 0 Å².